The van der Waals surface area contributed by atoms with Crippen LogP contribution >= 0.6 is 11.6 Å². The molecule has 0 aliphatic carbocycles. The third-order valence-electron chi connectivity index (χ3n) is 3.60. The highest BCUT2D eigenvalue weighted by Crippen LogP contribution is 2.37. The van der Waals surface area contributed by atoms with Crippen molar-refractivity contribution in [2.24, 2.45) is 5.73 Å². The summed E-state index contributed by atoms with van der Waals surface area (Å²) < 4.78 is 23.6. The standard InChI is InChI=1S/C17H19ClFNO2/c1-21-16-9-11(8-15(18)17(16)22-2)7-13(10-20)12-3-5-14(19)6-4-12/h3-6,8-9,13H,7,10,20H2,1-2H3. The molecule has 2 rings (SSSR count). The molecule has 0 spiro atoms. The third kappa shape index (κ3) is 3.70. The van der Waals surface area contributed by atoms with Crippen LogP contribution in [0.5, 0.6) is 11.5 Å². The van der Waals surface area contributed by atoms with Crippen molar-refractivity contribution in [2.75, 3.05) is 20.8 Å². The SMILES string of the molecule is COc1cc(CC(CN)c2ccc(F)cc2)cc(Cl)c1OC. The summed E-state index contributed by atoms with van der Waals surface area (Å²) in [5, 5.41) is 0.492. The molecule has 22 heavy (non-hydrogen) atoms. The van der Waals surface area contributed by atoms with Gasteiger partial charge in [0.15, 0.2) is 11.5 Å². The van der Waals surface area contributed by atoms with Crippen LogP contribution in [0.25, 0.3) is 0 Å². The van der Waals surface area contributed by atoms with Gasteiger partial charge in [0, 0.05) is 5.92 Å². The molecule has 2 aromatic rings. The average molecular weight is 324 g/mol. The minimum Gasteiger partial charge on any atom is -0.493 e. The molecule has 0 fully saturated rings. The molecule has 3 nitrogen and oxygen atoms in total. The molecule has 0 aliphatic heterocycles. The molecule has 0 bridgehead atoms. The van der Waals surface area contributed by atoms with Gasteiger partial charge in [0.1, 0.15) is 5.82 Å². The average Bonchev–Trinajstić information content (AvgIpc) is 2.53. The van der Waals surface area contributed by atoms with Crippen LogP contribution in [0.2, 0.25) is 5.02 Å². The summed E-state index contributed by atoms with van der Waals surface area (Å²) in [6.45, 7) is 0.456. The molecule has 0 amide bonds. The lowest BCUT2D eigenvalue weighted by Crippen LogP contribution is -2.15. The molecule has 1 unspecified atom stereocenters. The molecule has 0 aromatic heterocycles. The monoisotopic (exact) mass is 323 g/mol. The summed E-state index contributed by atoms with van der Waals surface area (Å²) >= 11 is 6.22. The van der Waals surface area contributed by atoms with Gasteiger partial charge in [-0.1, -0.05) is 23.7 Å². The fourth-order valence-corrected chi connectivity index (χ4v) is 2.76. The van der Waals surface area contributed by atoms with Crippen LogP contribution in [-0.4, -0.2) is 20.8 Å². The van der Waals surface area contributed by atoms with Crippen molar-refractivity contribution in [3.63, 3.8) is 0 Å². The minimum absolute atomic E-state index is 0.0785. The van der Waals surface area contributed by atoms with Gasteiger partial charge in [0.05, 0.1) is 19.2 Å². The first-order valence-corrected chi connectivity index (χ1v) is 7.32. The number of hydrogen-bond donors (Lipinski definition) is 1. The Morgan fingerprint density at radius 2 is 1.82 bits per heavy atom. The highest BCUT2D eigenvalue weighted by molar-refractivity contribution is 6.32. The number of benzene rings is 2. The zero-order valence-electron chi connectivity index (χ0n) is 12.6. The topological polar surface area (TPSA) is 44.5 Å². The summed E-state index contributed by atoms with van der Waals surface area (Å²) in [6, 6.07) is 10.1. The van der Waals surface area contributed by atoms with Crippen LogP contribution in [-0.2, 0) is 6.42 Å². The van der Waals surface area contributed by atoms with Crippen LogP contribution in [0.3, 0.4) is 0 Å². The highest BCUT2D eigenvalue weighted by Gasteiger charge is 2.15. The van der Waals surface area contributed by atoms with E-state index in [1.165, 1.54) is 12.1 Å². The van der Waals surface area contributed by atoms with Crippen molar-refractivity contribution in [1.82, 2.24) is 0 Å². The molecule has 0 saturated heterocycles. The van der Waals surface area contributed by atoms with E-state index in [2.05, 4.69) is 0 Å². The van der Waals surface area contributed by atoms with E-state index < -0.39 is 0 Å². The highest BCUT2D eigenvalue weighted by atomic mass is 35.5. The van der Waals surface area contributed by atoms with Crippen molar-refractivity contribution in [1.29, 1.82) is 0 Å². The van der Waals surface area contributed by atoms with Gasteiger partial charge in [-0.2, -0.15) is 0 Å². The lowest BCUT2D eigenvalue weighted by molar-refractivity contribution is 0.354. The van der Waals surface area contributed by atoms with E-state index in [4.69, 9.17) is 26.8 Å². The molecular weight excluding hydrogens is 305 g/mol. The number of nitrogens with two attached hydrogens (primary N) is 1. The maximum atomic E-state index is 13.0. The van der Waals surface area contributed by atoms with Crippen molar-refractivity contribution < 1.29 is 13.9 Å². The van der Waals surface area contributed by atoms with E-state index in [9.17, 15) is 4.39 Å². The van der Waals surface area contributed by atoms with Gasteiger partial charge >= 0.3 is 0 Å². The summed E-state index contributed by atoms with van der Waals surface area (Å²) in [6.07, 6.45) is 0.683. The quantitative estimate of drug-likeness (QED) is 0.880. The van der Waals surface area contributed by atoms with Crippen LogP contribution in [0.15, 0.2) is 36.4 Å². The minimum atomic E-state index is -0.256. The van der Waals surface area contributed by atoms with Crippen LogP contribution < -0.4 is 15.2 Å². The second-order valence-electron chi connectivity index (χ2n) is 5.00. The Balaban J connectivity index is 2.28. The zero-order chi connectivity index (χ0) is 16.1. The molecule has 0 aliphatic rings. The second kappa shape index (κ2) is 7.47. The predicted octanol–water partition coefficient (Wildman–Crippen LogP) is 3.78. The lowest BCUT2D eigenvalue weighted by atomic mass is 9.92. The molecule has 1 atom stereocenters. The van der Waals surface area contributed by atoms with Crippen LogP contribution in [0.1, 0.15) is 17.0 Å². The number of halogens is 2. The van der Waals surface area contributed by atoms with Gasteiger partial charge < -0.3 is 15.2 Å². The smallest absolute Gasteiger partial charge is 0.179 e. The summed E-state index contributed by atoms with van der Waals surface area (Å²) in [7, 11) is 3.11. The Labute approximate surface area is 134 Å². The maximum Gasteiger partial charge on any atom is 0.179 e. The van der Waals surface area contributed by atoms with E-state index in [0.29, 0.717) is 29.5 Å². The van der Waals surface area contributed by atoms with Crippen LogP contribution in [0, 0.1) is 5.82 Å². The normalized spacial score (nSPS) is 12.0. The van der Waals surface area contributed by atoms with Gasteiger partial charge in [-0.15, -0.1) is 0 Å². The first kappa shape index (κ1) is 16.6. The summed E-state index contributed by atoms with van der Waals surface area (Å²) in [5.74, 6) is 0.919. The first-order chi connectivity index (χ1) is 10.6. The Morgan fingerprint density at radius 1 is 1.14 bits per heavy atom. The number of hydrogen-bond acceptors (Lipinski definition) is 3. The molecule has 0 radical (unpaired) electrons. The molecule has 2 aromatic carbocycles. The van der Waals surface area contributed by atoms with E-state index in [1.807, 2.05) is 12.1 Å². The van der Waals surface area contributed by atoms with Gasteiger partial charge in [-0.05, 0) is 48.4 Å². The summed E-state index contributed by atoms with van der Waals surface area (Å²) in [4.78, 5) is 0. The number of rotatable bonds is 6. The zero-order valence-corrected chi connectivity index (χ0v) is 13.4. The Hall–Kier alpha value is -1.78. The molecule has 0 saturated carbocycles. The Morgan fingerprint density at radius 3 is 2.36 bits per heavy atom. The molecule has 118 valence electrons. The Bertz CT molecular complexity index is 631. The first-order valence-electron chi connectivity index (χ1n) is 6.95. The van der Waals surface area contributed by atoms with Gasteiger partial charge in [0.2, 0.25) is 0 Å². The fourth-order valence-electron chi connectivity index (χ4n) is 2.45. The molecule has 0 heterocycles. The van der Waals surface area contributed by atoms with E-state index in [-0.39, 0.29) is 11.7 Å². The predicted molar refractivity (Wildman–Crippen MR) is 86.5 cm³/mol. The van der Waals surface area contributed by atoms with Crippen molar-refractivity contribution in [3.05, 3.63) is 58.4 Å². The van der Waals surface area contributed by atoms with Crippen molar-refractivity contribution in [3.8, 4) is 11.5 Å². The van der Waals surface area contributed by atoms with E-state index in [0.717, 1.165) is 11.1 Å². The van der Waals surface area contributed by atoms with Crippen molar-refractivity contribution >= 4 is 11.6 Å². The third-order valence-corrected chi connectivity index (χ3v) is 3.88. The molecule has 2 N–H and O–H groups in total. The van der Waals surface area contributed by atoms with Gasteiger partial charge in [-0.3, -0.25) is 0 Å². The lowest BCUT2D eigenvalue weighted by Gasteiger charge is -2.17. The van der Waals surface area contributed by atoms with Crippen LogP contribution in [0.4, 0.5) is 4.39 Å². The number of methoxy groups -OCH3 is 2. The van der Waals surface area contributed by atoms with E-state index >= 15 is 0 Å². The van der Waals surface area contributed by atoms with E-state index in [1.54, 1.807) is 26.4 Å². The van der Waals surface area contributed by atoms with Crippen molar-refractivity contribution in [2.45, 2.75) is 12.3 Å². The largest absolute Gasteiger partial charge is 0.493 e. The second-order valence-corrected chi connectivity index (χ2v) is 5.41. The van der Waals surface area contributed by atoms with Gasteiger partial charge in [0.25, 0.3) is 0 Å². The van der Waals surface area contributed by atoms with Gasteiger partial charge in [-0.25, -0.2) is 4.39 Å². The molecular formula is C17H19ClFNO2. The summed E-state index contributed by atoms with van der Waals surface area (Å²) in [5.41, 5.74) is 7.86. The fraction of sp³-hybridized carbons (Fsp3) is 0.294. The molecule has 5 heteroatoms. The Kier molecular flexibility index (Phi) is 5.63. The maximum absolute atomic E-state index is 13.0. The number of ether oxygens (including phenoxy) is 2.